The lowest BCUT2D eigenvalue weighted by molar-refractivity contribution is -0.0498. The second-order valence-corrected chi connectivity index (χ2v) is 4.42. The predicted octanol–water partition coefficient (Wildman–Crippen LogP) is 3.56. The van der Waals surface area contributed by atoms with E-state index >= 15 is 0 Å². The highest BCUT2D eigenvalue weighted by Gasteiger charge is 2.14. The standard InChI is InChI=1S/C16H15F2NO4/c1-21-12-7-8-14(22-2)13(9-12)15(20)19-10-3-5-11(6-4-10)23-16(17)18/h3-9,16H,1-2H3,(H,19,20). The van der Waals surface area contributed by atoms with Gasteiger partial charge in [-0.05, 0) is 42.5 Å². The van der Waals surface area contributed by atoms with E-state index in [4.69, 9.17) is 9.47 Å². The zero-order valence-corrected chi connectivity index (χ0v) is 12.5. The summed E-state index contributed by atoms with van der Waals surface area (Å²) in [6.45, 7) is -2.89. The summed E-state index contributed by atoms with van der Waals surface area (Å²) in [6, 6.07) is 10.4. The summed E-state index contributed by atoms with van der Waals surface area (Å²) in [6.07, 6.45) is 0. The Balaban J connectivity index is 2.15. The highest BCUT2D eigenvalue weighted by molar-refractivity contribution is 6.06. The van der Waals surface area contributed by atoms with Gasteiger partial charge in [0.05, 0.1) is 19.8 Å². The van der Waals surface area contributed by atoms with Gasteiger partial charge in [0.2, 0.25) is 0 Å². The number of methoxy groups -OCH3 is 2. The molecule has 0 aliphatic carbocycles. The summed E-state index contributed by atoms with van der Waals surface area (Å²) < 4.78 is 38.7. The van der Waals surface area contributed by atoms with Crippen LogP contribution in [-0.2, 0) is 0 Å². The average Bonchev–Trinajstić information content (AvgIpc) is 2.55. The number of carbonyl (C=O) groups is 1. The summed E-state index contributed by atoms with van der Waals surface area (Å²) in [4.78, 5) is 12.3. The smallest absolute Gasteiger partial charge is 0.387 e. The van der Waals surface area contributed by atoms with Gasteiger partial charge in [0, 0.05) is 5.69 Å². The number of amides is 1. The minimum absolute atomic E-state index is 0.0111. The summed E-state index contributed by atoms with van der Waals surface area (Å²) >= 11 is 0. The van der Waals surface area contributed by atoms with Crippen LogP contribution < -0.4 is 19.5 Å². The highest BCUT2D eigenvalue weighted by atomic mass is 19.3. The van der Waals surface area contributed by atoms with E-state index < -0.39 is 12.5 Å². The van der Waals surface area contributed by atoms with Crippen molar-refractivity contribution >= 4 is 11.6 Å². The van der Waals surface area contributed by atoms with Gasteiger partial charge in [-0.25, -0.2) is 0 Å². The van der Waals surface area contributed by atoms with Crippen molar-refractivity contribution in [1.82, 2.24) is 0 Å². The molecule has 7 heteroatoms. The topological polar surface area (TPSA) is 56.8 Å². The highest BCUT2D eigenvalue weighted by Crippen LogP contribution is 2.25. The number of hydrogen-bond donors (Lipinski definition) is 1. The molecule has 2 aromatic carbocycles. The number of carbonyl (C=O) groups excluding carboxylic acids is 1. The number of alkyl halides is 2. The molecule has 0 saturated heterocycles. The molecular formula is C16H15F2NO4. The molecule has 0 heterocycles. The third-order valence-corrected chi connectivity index (χ3v) is 2.99. The van der Waals surface area contributed by atoms with E-state index in [0.717, 1.165) is 0 Å². The van der Waals surface area contributed by atoms with Gasteiger partial charge in [0.25, 0.3) is 5.91 Å². The van der Waals surface area contributed by atoms with E-state index in [9.17, 15) is 13.6 Å². The number of benzene rings is 2. The summed E-state index contributed by atoms with van der Waals surface area (Å²) in [5, 5.41) is 2.65. The van der Waals surface area contributed by atoms with Crippen molar-refractivity contribution in [2.45, 2.75) is 6.61 Å². The molecule has 23 heavy (non-hydrogen) atoms. The van der Waals surface area contributed by atoms with Gasteiger partial charge >= 0.3 is 6.61 Å². The van der Waals surface area contributed by atoms with Crippen molar-refractivity contribution in [3.05, 3.63) is 48.0 Å². The first-order valence-corrected chi connectivity index (χ1v) is 6.61. The molecule has 0 bridgehead atoms. The Morgan fingerprint density at radius 1 is 1.00 bits per heavy atom. The van der Waals surface area contributed by atoms with E-state index in [0.29, 0.717) is 22.7 Å². The van der Waals surface area contributed by atoms with E-state index in [1.54, 1.807) is 18.2 Å². The van der Waals surface area contributed by atoms with Crippen LogP contribution in [0.1, 0.15) is 10.4 Å². The Hall–Kier alpha value is -2.83. The van der Waals surface area contributed by atoms with Crippen LogP contribution in [0, 0.1) is 0 Å². The molecule has 0 unspecified atom stereocenters. The van der Waals surface area contributed by atoms with Gasteiger partial charge < -0.3 is 19.5 Å². The number of halogens is 2. The molecule has 0 aromatic heterocycles. The van der Waals surface area contributed by atoms with Crippen LogP contribution in [-0.4, -0.2) is 26.7 Å². The molecule has 122 valence electrons. The van der Waals surface area contributed by atoms with Crippen molar-refractivity contribution in [2.75, 3.05) is 19.5 Å². The number of hydrogen-bond acceptors (Lipinski definition) is 4. The molecule has 2 aromatic rings. The monoisotopic (exact) mass is 323 g/mol. The first-order valence-electron chi connectivity index (χ1n) is 6.61. The molecule has 0 radical (unpaired) electrons. The SMILES string of the molecule is COc1ccc(OC)c(C(=O)Nc2ccc(OC(F)F)cc2)c1. The van der Waals surface area contributed by atoms with Crippen molar-refractivity contribution in [2.24, 2.45) is 0 Å². The second-order valence-electron chi connectivity index (χ2n) is 4.42. The lowest BCUT2D eigenvalue weighted by Crippen LogP contribution is -2.13. The van der Waals surface area contributed by atoms with Gasteiger partial charge in [-0.2, -0.15) is 8.78 Å². The lowest BCUT2D eigenvalue weighted by Gasteiger charge is -2.11. The molecule has 0 fully saturated rings. The zero-order valence-electron chi connectivity index (χ0n) is 12.5. The Kier molecular flexibility index (Phi) is 5.35. The largest absolute Gasteiger partial charge is 0.497 e. The van der Waals surface area contributed by atoms with E-state index in [1.165, 1.54) is 38.5 Å². The van der Waals surface area contributed by atoms with E-state index in [1.807, 2.05) is 0 Å². The predicted molar refractivity (Wildman–Crippen MR) is 80.6 cm³/mol. The van der Waals surface area contributed by atoms with Crippen molar-refractivity contribution in [3.63, 3.8) is 0 Å². The number of ether oxygens (including phenoxy) is 3. The van der Waals surface area contributed by atoms with Gasteiger partial charge in [-0.3, -0.25) is 4.79 Å². The normalized spacial score (nSPS) is 10.3. The maximum atomic E-state index is 12.3. The number of rotatable bonds is 6. The second kappa shape index (κ2) is 7.44. The Morgan fingerprint density at radius 3 is 2.22 bits per heavy atom. The minimum Gasteiger partial charge on any atom is -0.497 e. The molecule has 0 atom stereocenters. The van der Waals surface area contributed by atoms with Crippen molar-refractivity contribution in [1.29, 1.82) is 0 Å². The Morgan fingerprint density at radius 2 is 1.65 bits per heavy atom. The van der Waals surface area contributed by atoms with Gasteiger partial charge in [0.15, 0.2) is 0 Å². The molecular weight excluding hydrogens is 308 g/mol. The van der Waals surface area contributed by atoms with E-state index in [-0.39, 0.29) is 5.75 Å². The minimum atomic E-state index is -2.89. The van der Waals surface area contributed by atoms with Crippen LogP contribution in [0.5, 0.6) is 17.2 Å². The molecule has 1 N–H and O–H groups in total. The Bertz CT molecular complexity index is 674. The van der Waals surface area contributed by atoms with Crippen LogP contribution in [0.2, 0.25) is 0 Å². The maximum Gasteiger partial charge on any atom is 0.387 e. The summed E-state index contributed by atoms with van der Waals surface area (Å²) in [5.74, 6) is 0.498. The first kappa shape index (κ1) is 16.5. The van der Waals surface area contributed by atoms with Crippen LogP contribution in [0.25, 0.3) is 0 Å². The molecule has 0 saturated carbocycles. The van der Waals surface area contributed by atoms with Crippen LogP contribution in [0.3, 0.4) is 0 Å². The Labute approximate surface area is 131 Å². The summed E-state index contributed by atoms with van der Waals surface area (Å²) in [5.41, 5.74) is 0.723. The third kappa shape index (κ3) is 4.32. The molecule has 2 rings (SSSR count). The zero-order chi connectivity index (χ0) is 16.8. The lowest BCUT2D eigenvalue weighted by atomic mass is 10.1. The molecule has 0 spiro atoms. The fourth-order valence-corrected chi connectivity index (χ4v) is 1.91. The number of anilines is 1. The fourth-order valence-electron chi connectivity index (χ4n) is 1.91. The third-order valence-electron chi connectivity index (χ3n) is 2.99. The van der Waals surface area contributed by atoms with Crippen LogP contribution >= 0.6 is 0 Å². The van der Waals surface area contributed by atoms with E-state index in [2.05, 4.69) is 10.1 Å². The van der Waals surface area contributed by atoms with Crippen molar-refractivity contribution < 1.29 is 27.8 Å². The molecule has 0 aliphatic rings. The first-order chi connectivity index (χ1) is 11.0. The molecule has 0 aliphatic heterocycles. The van der Waals surface area contributed by atoms with Gasteiger partial charge in [-0.1, -0.05) is 0 Å². The van der Waals surface area contributed by atoms with Gasteiger partial charge in [0.1, 0.15) is 17.2 Å². The fraction of sp³-hybridized carbons (Fsp3) is 0.188. The number of nitrogens with one attached hydrogen (secondary N) is 1. The summed E-state index contributed by atoms with van der Waals surface area (Å²) in [7, 11) is 2.94. The van der Waals surface area contributed by atoms with Gasteiger partial charge in [-0.15, -0.1) is 0 Å². The van der Waals surface area contributed by atoms with Crippen molar-refractivity contribution in [3.8, 4) is 17.2 Å². The molecule has 1 amide bonds. The van der Waals surface area contributed by atoms with Crippen LogP contribution in [0.15, 0.2) is 42.5 Å². The quantitative estimate of drug-likeness (QED) is 0.883. The maximum absolute atomic E-state index is 12.3. The average molecular weight is 323 g/mol. The molecule has 5 nitrogen and oxygen atoms in total. The van der Waals surface area contributed by atoms with Crippen LogP contribution in [0.4, 0.5) is 14.5 Å².